The van der Waals surface area contributed by atoms with Crippen LogP contribution in [0.25, 0.3) is 0 Å². The van der Waals surface area contributed by atoms with Crippen LogP contribution in [0.5, 0.6) is 5.75 Å². The second-order valence-corrected chi connectivity index (χ2v) is 6.63. The molecule has 134 valence electrons. The normalized spacial score (nSPS) is 12.3. The molecule has 0 unspecified atom stereocenters. The summed E-state index contributed by atoms with van der Waals surface area (Å²) in [4.78, 5) is 12.7. The predicted molar refractivity (Wildman–Crippen MR) is 95.7 cm³/mol. The van der Waals surface area contributed by atoms with Crippen molar-refractivity contribution >= 4 is 34.8 Å². The Hall–Kier alpha value is -1.85. The van der Waals surface area contributed by atoms with Crippen LogP contribution in [-0.2, 0) is 4.79 Å². The van der Waals surface area contributed by atoms with E-state index in [1.807, 2.05) is 13.8 Å². The molecule has 1 amide bonds. The highest BCUT2D eigenvalue weighted by molar-refractivity contribution is 6.32. The zero-order chi connectivity index (χ0) is 18.6. The van der Waals surface area contributed by atoms with Crippen molar-refractivity contribution < 1.29 is 18.3 Å². The molecule has 0 radical (unpaired) electrons. The molecule has 0 aliphatic heterocycles. The van der Waals surface area contributed by atoms with E-state index in [0.717, 1.165) is 5.56 Å². The highest BCUT2D eigenvalue weighted by Crippen LogP contribution is 2.31. The van der Waals surface area contributed by atoms with Gasteiger partial charge in [0.05, 0.1) is 10.9 Å². The molecule has 0 aromatic heterocycles. The summed E-state index contributed by atoms with van der Waals surface area (Å²) in [5, 5.41) is 3.34. The number of amides is 1. The van der Waals surface area contributed by atoms with Gasteiger partial charge in [0.15, 0.2) is 0 Å². The number of hydrogen-bond acceptors (Lipinski definition) is 2. The third-order valence-electron chi connectivity index (χ3n) is 3.59. The lowest BCUT2D eigenvalue weighted by molar-refractivity contribution is -0.118. The summed E-state index contributed by atoms with van der Waals surface area (Å²) >= 11 is 11.8. The SMILES string of the molecule is CC(C)[C@H](C(=O)Nc1ccc(OC(F)F)c(Cl)c1)c1ccc(Cl)cc1. The molecule has 0 saturated heterocycles. The number of ether oxygens (including phenoxy) is 1. The van der Waals surface area contributed by atoms with Gasteiger partial charge in [-0.1, -0.05) is 49.2 Å². The average molecular weight is 388 g/mol. The Kier molecular flexibility index (Phi) is 6.62. The summed E-state index contributed by atoms with van der Waals surface area (Å²) in [7, 11) is 0. The second-order valence-electron chi connectivity index (χ2n) is 5.79. The fraction of sp³-hybridized carbons (Fsp3) is 0.278. The van der Waals surface area contributed by atoms with Crippen molar-refractivity contribution in [3.8, 4) is 5.75 Å². The topological polar surface area (TPSA) is 38.3 Å². The Morgan fingerprint density at radius 3 is 2.24 bits per heavy atom. The molecule has 2 aromatic rings. The van der Waals surface area contributed by atoms with Crippen LogP contribution in [0.2, 0.25) is 10.0 Å². The predicted octanol–water partition coefficient (Wildman–Crippen LogP) is 5.97. The lowest BCUT2D eigenvalue weighted by Crippen LogP contribution is -2.25. The van der Waals surface area contributed by atoms with E-state index < -0.39 is 12.5 Å². The molecule has 2 aromatic carbocycles. The molecular formula is C18H17Cl2F2NO2. The number of halogens is 4. The Labute approximate surface area is 154 Å². The fourth-order valence-electron chi connectivity index (χ4n) is 2.50. The van der Waals surface area contributed by atoms with Gasteiger partial charge in [0.2, 0.25) is 5.91 Å². The number of nitrogens with one attached hydrogen (secondary N) is 1. The van der Waals surface area contributed by atoms with Gasteiger partial charge in [-0.2, -0.15) is 8.78 Å². The van der Waals surface area contributed by atoms with Gasteiger partial charge in [0.25, 0.3) is 0 Å². The molecule has 0 aliphatic carbocycles. The zero-order valence-corrected chi connectivity index (χ0v) is 15.1. The zero-order valence-electron chi connectivity index (χ0n) is 13.6. The Morgan fingerprint density at radius 2 is 1.72 bits per heavy atom. The van der Waals surface area contributed by atoms with Gasteiger partial charge in [-0.15, -0.1) is 0 Å². The first-order valence-electron chi connectivity index (χ1n) is 7.58. The van der Waals surface area contributed by atoms with Crippen molar-refractivity contribution in [3.05, 3.63) is 58.1 Å². The van der Waals surface area contributed by atoms with Crippen LogP contribution in [0, 0.1) is 5.92 Å². The molecule has 1 N–H and O–H groups in total. The molecule has 0 saturated carbocycles. The summed E-state index contributed by atoms with van der Waals surface area (Å²) in [5.74, 6) is -0.727. The maximum absolute atomic E-state index is 12.7. The van der Waals surface area contributed by atoms with Gasteiger partial charge in [0.1, 0.15) is 5.75 Å². The lowest BCUT2D eigenvalue weighted by Gasteiger charge is -2.21. The van der Waals surface area contributed by atoms with Gasteiger partial charge in [-0.3, -0.25) is 4.79 Å². The number of anilines is 1. The first kappa shape index (κ1) is 19.5. The largest absolute Gasteiger partial charge is 0.433 e. The molecule has 3 nitrogen and oxygen atoms in total. The molecule has 0 fully saturated rings. The van der Waals surface area contributed by atoms with Crippen molar-refractivity contribution in [1.29, 1.82) is 0 Å². The minimum Gasteiger partial charge on any atom is -0.433 e. The van der Waals surface area contributed by atoms with Gasteiger partial charge >= 0.3 is 6.61 Å². The highest BCUT2D eigenvalue weighted by Gasteiger charge is 2.24. The van der Waals surface area contributed by atoms with Crippen LogP contribution in [0.1, 0.15) is 25.3 Å². The van der Waals surface area contributed by atoms with Crippen LogP contribution >= 0.6 is 23.2 Å². The highest BCUT2D eigenvalue weighted by atomic mass is 35.5. The first-order valence-corrected chi connectivity index (χ1v) is 8.34. The van der Waals surface area contributed by atoms with E-state index >= 15 is 0 Å². The number of carbonyl (C=O) groups excluding carboxylic acids is 1. The average Bonchev–Trinajstić information content (AvgIpc) is 2.51. The van der Waals surface area contributed by atoms with E-state index in [1.165, 1.54) is 18.2 Å². The molecule has 0 spiro atoms. The van der Waals surface area contributed by atoms with Gasteiger partial charge in [0, 0.05) is 10.7 Å². The molecule has 2 rings (SSSR count). The van der Waals surface area contributed by atoms with Crippen LogP contribution in [0.3, 0.4) is 0 Å². The Bertz CT molecular complexity index is 736. The summed E-state index contributed by atoms with van der Waals surface area (Å²) in [6, 6.07) is 11.2. The van der Waals surface area contributed by atoms with Crippen molar-refractivity contribution in [2.24, 2.45) is 5.92 Å². The minimum absolute atomic E-state index is 0.00862. The van der Waals surface area contributed by atoms with Gasteiger partial charge < -0.3 is 10.1 Å². The molecule has 7 heteroatoms. The first-order chi connectivity index (χ1) is 11.8. The Balaban J connectivity index is 2.18. The number of alkyl halides is 2. The van der Waals surface area contributed by atoms with E-state index in [-0.39, 0.29) is 22.6 Å². The van der Waals surface area contributed by atoms with E-state index in [0.29, 0.717) is 10.7 Å². The van der Waals surface area contributed by atoms with Crippen molar-refractivity contribution in [2.45, 2.75) is 26.4 Å². The monoisotopic (exact) mass is 387 g/mol. The molecule has 0 bridgehead atoms. The quantitative estimate of drug-likeness (QED) is 0.662. The van der Waals surface area contributed by atoms with Crippen LogP contribution in [0.15, 0.2) is 42.5 Å². The number of hydrogen-bond donors (Lipinski definition) is 1. The van der Waals surface area contributed by atoms with Gasteiger partial charge in [-0.25, -0.2) is 0 Å². The van der Waals surface area contributed by atoms with Crippen LogP contribution < -0.4 is 10.1 Å². The summed E-state index contributed by atoms with van der Waals surface area (Å²) in [6.45, 7) is 0.907. The molecule has 0 aliphatic rings. The fourth-order valence-corrected chi connectivity index (χ4v) is 2.85. The number of carbonyl (C=O) groups is 1. The summed E-state index contributed by atoms with van der Waals surface area (Å²) in [5.41, 5.74) is 1.23. The van der Waals surface area contributed by atoms with Crippen molar-refractivity contribution in [2.75, 3.05) is 5.32 Å². The second kappa shape index (κ2) is 8.50. The molecule has 1 atom stereocenters. The van der Waals surface area contributed by atoms with E-state index in [9.17, 15) is 13.6 Å². The maximum Gasteiger partial charge on any atom is 0.387 e. The standard InChI is InChI=1S/C18H17Cl2F2NO2/c1-10(2)16(11-3-5-12(19)6-4-11)17(24)23-13-7-8-15(14(20)9-13)25-18(21)22/h3-10,16,18H,1-2H3,(H,23,24)/t16-/m0/s1. The van der Waals surface area contributed by atoms with Crippen molar-refractivity contribution in [3.63, 3.8) is 0 Å². The summed E-state index contributed by atoms with van der Waals surface area (Å²) in [6.07, 6.45) is 0. The van der Waals surface area contributed by atoms with Gasteiger partial charge in [-0.05, 0) is 41.8 Å². The lowest BCUT2D eigenvalue weighted by atomic mass is 9.87. The number of rotatable bonds is 6. The van der Waals surface area contributed by atoms with E-state index in [4.69, 9.17) is 23.2 Å². The molecular weight excluding hydrogens is 371 g/mol. The van der Waals surface area contributed by atoms with Crippen LogP contribution in [0.4, 0.5) is 14.5 Å². The smallest absolute Gasteiger partial charge is 0.387 e. The third kappa shape index (κ3) is 5.31. The van der Waals surface area contributed by atoms with Crippen molar-refractivity contribution in [1.82, 2.24) is 0 Å². The third-order valence-corrected chi connectivity index (χ3v) is 4.14. The van der Waals surface area contributed by atoms with E-state index in [2.05, 4.69) is 10.1 Å². The molecule has 25 heavy (non-hydrogen) atoms. The van der Waals surface area contributed by atoms with Crippen LogP contribution in [-0.4, -0.2) is 12.5 Å². The summed E-state index contributed by atoms with van der Waals surface area (Å²) < 4.78 is 28.8. The van der Waals surface area contributed by atoms with E-state index in [1.54, 1.807) is 24.3 Å². The number of benzene rings is 2. The maximum atomic E-state index is 12.7. The minimum atomic E-state index is -2.96. The Morgan fingerprint density at radius 1 is 1.08 bits per heavy atom. The molecule has 0 heterocycles.